The van der Waals surface area contributed by atoms with Crippen LogP contribution >= 0.6 is 0 Å². The van der Waals surface area contributed by atoms with Crippen molar-refractivity contribution in [2.24, 2.45) is 0 Å². The van der Waals surface area contributed by atoms with Gasteiger partial charge in [0.2, 0.25) is 0 Å². The first-order valence-corrected chi connectivity index (χ1v) is 6.86. The van der Waals surface area contributed by atoms with Crippen molar-refractivity contribution >= 4 is 17.5 Å². The predicted octanol–water partition coefficient (Wildman–Crippen LogP) is 0.657. The lowest BCUT2D eigenvalue weighted by atomic mass is 10.2. The lowest BCUT2D eigenvalue weighted by Crippen LogP contribution is -2.47. The molecule has 0 saturated carbocycles. The van der Waals surface area contributed by atoms with Gasteiger partial charge in [0.05, 0.1) is 19.2 Å². The van der Waals surface area contributed by atoms with Gasteiger partial charge in [-0.3, -0.25) is 9.69 Å². The lowest BCUT2D eigenvalue weighted by molar-refractivity contribution is -0.141. The number of esters is 1. The zero-order valence-corrected chi connectivity index (χ0v) is 12.1. The van der Waals surface area contributed by atoms with E-state index < -0.39 is 0 Å². The minimum Gasteiger partial charge on any atom is -0.469 e. The smallest absolute Gasteiger partial charge is 0.306 e. The van der Waals surface area contributed by atoms with Crippen LogP contribution in [0.5, 0.6) is 0 Å². The predicted molar refractivity (Wildman–Crippen MR) is 78.7 cm³/mol. The number of hydrogen-bond acceptors (Lipinski definition) is 6. The Morgan fingerprint density at radius 3 is 2.70 bits per heavy atom. The van der Waals surface area contributed by atoms with Crippen LogP contribution in [0.15, 0.2) is 12.3 Å². The summed E-state index contributed by atoms with van der Waals surface area (Å²) in [5.41, 5.74) is 7.83. The van der Waals surface area contributed by atoms with Gasteiger partial charge in [0.25, 0.3) is 0 Å². The molecule has 0 aromatic carbocycles. The highest BCUT2D eigenvalue weighted by atomic mass is 16.5. The number of hydrogen-bond donors (Lipinski definition) is 1. The van der Waals surface area contributed by atoms with Crippen molar-refractivity contribution in [1.29, 1.82) is 0 Å². The van der Waals surface area contributed by atoms with Gasteiger partial charge in [-0.05, 0) is 18.6 Å². The van der Waals surface area contributed by atoms with Crippen molar-refractivity contribution in [1.82, 2.24) is 9.88 Å². The van der Waals surface area contributed by atoms with Crippen LogP contribution in [0.3, 0.4) is 0 Å². The topological polar surface area (TPSA) is 71.7 Å². The van der Waals surface area contributed by atoms with Crippen LogP contribution in [0.25, 0.3) is 0 Å². The van der Waals surface area contributed by atoms with Gasteiger partial charge in [-0.1, -0.05) is 0 Å². The van der Waals surface area contributed by atoms with Crippen molar-refractivity contribution in [2.45, 2.75) is 13.3 Å². The number of pyridine rings is 1. The summed E-state index contributed by atoms with van der Waals surface area (Å²) in [5.74, 6) is 0.708. The Morgan fingerprint density at radius 2 is 2.10 bits per heavy atom. The summed E-state index contributed by atoms with van der Waals surface area (Å²) >= 11 is 0. The number of piperazine rings is 1. The average Bonchev–Trinajstić information content (AvgIpc) is 2.45. The molecule has 110 valence electrons. The van der Waals surface area contributed by atoms with Gasteiger partial charge < -0.3 is 15.4 Å². The maximum Gasteiger partial charge on any atom is 0.306 e. The molecule has 6 heteroatoms. The fourth-order valence-corrected chi connectivity index (χ4v) is 2.38. The molecule has 1 aromatic rings. The highest BCUT2D eigenvalue weighted by Gasteiger charge is 2.20. The third-order valence-electron chi connectivity index (χ3n) is 3.56. The Labute approximate surface area is 119 Å². The molecule has 0 atom stereocenters. The van der Waals surface area contributed by atoms with Crippen molar-refractivity contribution in [3.8, 4) is 0 Å². The Morgan fingerprint density at radius 1 is 1.40 bits per heavy atom. The third kappa shape index (κ3) is 3.60. The molecule has 0 radical (unpaired) electrons. The lowest BCUT2D eigenvalue weighted by Gasteiger charge is -2.35. The second-order valence-corrected chi connectivity index (χ2v) is 5.08. The van der Waals surface area contributed by atoms with E-state index in [9.17, 15) is 4.79 Å². The van der Waals surface area contributed by atoms with E-state index in [0.29, 0.717) is 6.42 Å². The highest BCUT2D eigenvalue weighted by molar-refractivity contribution is 5.69. The maximum atomic E-state index is 11.1. The van der Waals surface area contributed by atoms with E-state index in [-0.39, 0.29) is 5.97 Å². The first-order valence-electron chi connectivity index (χ1n) is 6.86. The molecular weight excluding hydrogens is 256 g/mol. The van der Waals surface area contributed by atoms with Gasteiger partial charge in [-0.15, -0.1) is 0 Å². The van der Waals surface area contributed by atoms with Gasteiger partial charge in [0.15, 0.2) is 5.82 Å². The molecule has 20 heavy (non-hydrogen) atoms. The summed E-state index contributed by atoms with van der Waals surface area (Å²) in [7, 11) is 1.42. The minimum atomic E-state index is -0.156. The van der Waals surface area contributed by atoms with Gasteiger partial charge in [-0.2, -0.15) is 0 Å². The standard InChI is InChI=1S/C14H22N4O2/c1-11-9-12(15)14(16-10-11)18-7-5-17(6-8-18)4-3-13(19)20-2/h9-10H,3-8,15H2,1-2H3. The van der Waals surface area contributed by atoms with E-state index in [0.717, 1.165) is 49.8 Å². The molecule has 0 aliphatic carbocycles. The zero-order chi connectivity index (χ0) is 14.5. The molecule has 0 amide bonds. The van der Waals surface area contributed by atoms with E-state index >= 15 is 0 Å². The summed E-state index contributed by atoms with van der Waals surface area (Å²) in [4.78, 5) is 20.0. The fraction of sp³-hybridized carbons (Fsp3) is 0.571. The van der Waals surface area contributed by atoms with Crippen molar-refractivity contribution in [3.05, 3.63) is 17.8 Å². The van der Waals surface area contributed by atoms with Crippen molar-refractivity contribution in [2.75, 3.05) is 50.5 Å². The molecule has 0 spiro atoms. The van der Waals surface area contributed by atoms with Crippen LogP contribution in [-0.4, -0.2) is 55.7 Å². The number of carbonyl (C=O) groups is 1. The number of nitrogen functional groups attached to an aromatic ring is 1. The summed E-state index contributed by atoms with van der Waals surface area (Å²) in [6.07, 6.45) is 2.29. The molecule has 2 heterocycles. The quantitative estimate of drug-likeness (QED) is 0.816. The molecule has 6 nitrogen and oxygen atoms in total. The molecule has 1 aliphatic heterocycles. The summed E-state index contributed by atoms with van der Waals surface area (Å²) in [6, 6.07) is 1.95. The van der Waals surface area contributed by atoms with Gasteiger partial charge >= 0.3 is 5.97 Å². The zero-order valence-electron chi connectivity index (χ0n) is 12.1. The van der Waals surface area contributed by atoms with E-state index in [1.54, 1.807) is 0 Å². The molecule has 2 N–H and O–H groups in total. The molecule has 1 fully saturated rings. The number of methoxy groups -OCH3 is 1. The molecule has 1 saturated heterocycles. The van der Waals surface area contributed by atoms with Crippen LogP contribution in [0, 0.1) is 6.92 Å². The number of aryl methyl sites for hydroxylation is 1. The summed E-state index contributed by atoms with van der Waals surface area (Å²) < 4.78 is 4.66. The van der Waals surface area contributed by atoms with Gasteiger partial charge in [0.1, 0.15) is 0 Å². The second kappa shape index (κ2) is 6.56. The summed E-state index contributed by atoms with van der Waals surface area (Å²) in [6.45, 7) is 6.30. The van der Waals surface area contributed by atoms with Crippen LogP contribution in [-0.2, 0) is 9.53 Å². The molecule has 0 bridgehead atoms. The van der Waals surface area contributed by atoms with Gasteiger partial charge in [-0.25, -0.2) is 4.98 Å². The molecule has 0 unspecified atom stereocenters. The minimum absolute atomic E-state index is 0.156. The van der Waals surface area contributed by atoms with Crippen molar-refractivity contribution in [3.63, 3.8) is 0 Å². The van der Waals surface area contributed by atoms with E-state index in [4.69, 9.17) is 5.73 Å². The Balaban J connectivity index is 1.86. The Hall–Kier alpha value is -1.82. The first kappa shape index (κ1) is 14.6. The third-order valence-corrected chi connectivity index (χ3v) is 3.56. The molecule has 1 aromatic heterocycles. The fourth-order valence-electron chi connectivity index (χ4n) is 2.38. The average molecular weight is 278 g/mol. The number of carbonyl (C=O) groups excluding carboxylic acids is 1. The van der Waals surface area contributed by atoms with E-state index in [2.05, 4.69) is 19.5 Å². The number of ether oxygens (including phenoxy) is 1. The molecule has 1 aliphatic rings. The van der Waals surface area contributed by atoms with Crippen LogP contribution in [0.4, 0.5) is 11.5 Å². The highest BCUT2D eigenvalue weighted by Crippen LogP contribution is 2.22. The Bertz CT molecular complexity index is 470. The number of nitrogens with two attached hydrogens (primary N) is 1. The maximum absolute atomic E-state index is 11.1. The van der Waals surface area contributed by atoms with Gasteiger partial charge in [0, 0.05) is 38.9 Å². The van der Waals surface area contributed by atoms with Crippen LogP contribution < -0.4 is 10.6 Å². The SMILES string of the molecule is COC(=O)CCN1CCN(c2ncc(C)cc2N)CC1. The largest absolute Gasteiger partial charge is 0.469 e. The van der Waals surface area contributed by atoms with E-state index in [1.165, 1.54) is 7.11 Å². The van der Waals surface area contributed by atoms with Crippen molar-refractivity contribution < 1.29 is 9.53 Å². The normalized spacial score (nSPS) is 16.2. The monoisotopic (exact) mass is 278 g/mol. The second-order valence-electron chi connectivity index (χ2n) is 5.08. The van der Waals surface area contributed by atoms with E-state index in [1.807, 2.05) is 19.2 Å². The number of anilines is 2. The number of rotatable bonds is 4. The number of aromatic nitrogens is 1. The molecule has 2 rings (SSSR count). The number of nitrogens with zero attached hydrogens (tertiary/aromatic N) is 3. The molecular formula is C14H22N4O2. The van der Waals surface area contributed by atoms with Crippen LogP contribution in [0.2, 0.25) is 0 Å². The Kier molecular flexibility index (Phi) is 4.79. The van der Waals surface area contributed by atoms with Crippen LogP contribution in [0.1, 0.15) is 12.0 Å². The first-order chi connectivity index (χ1) is 9.60. The summed E-state index contributed by atoms with van der Waals surface area (Å²) in [5, 5.41) is 0.